The maximum absolute atomic E-state index is 13.8. The first-order valence-corrected chi connectivity index (χ1v) is 18.3. The summed E-state index contributed by atoms with van der Waals surface area (Å²) in [5.74, 6) is -0.499. The number of anilines is 3. The van der Waals surface area contributed by atoms with Crippen LogP contribution >= 0.6 is 0 Å². The first-order chi connectivity index (χ1) is 22.9. The molecule has 4 N–H and O–H groups in total. The number of nitrogens with one attached hydrogen (secondary N) is 4. The van der Waals surface area contributed by atoms with E-state index < -0.39 is 22.0 Å². The van der Waals surface area contributed by atoms with Gasteiger partial charge in [0.1, 0.15) is 0 Å². The zero-order valence-corrected chi connectivity index (χ0v) is 29.2. The number of nitrogens with zero attached hydrogens (tertiary/aromatic N) is 1. The van der Waals surface area contributed by atoms with Gasteiger partial charge in [-0.2, -0.15) is 0 Å². The molecule has 0 aromatic heterocycles. The SMILES string of the molecule is CC(=O)Nc1ccc(CNc2cc(C(=O)NC(CC(=O)NS(=O)(=O)c3ccccc3)C3CCCCC3)ccc2N(C)CCC(C)C)cc1. The highest BCUT2D eigenvalue weighted by atomic mass is 32.2. The summed E-state index contributed by atoms with van der Waals surface area (Å²) < 4.78 is 27.9. The van der Waals surface area contributed by atoms with Gasteiger partial charge in [0.15, 0.2) is 0 Å². The summed E-state index contributed by atoms with van der Waals surface area (Å²) >= 11 is 0. The Hall–Kier alpha value is -4.38. The van der Waals surface area contributed by atoms with Crippen LogP contribution in [0.4, 0.5) is 17.1 Å². The van der Waals surface area contributed by atoms with Gasteiger partial charge in [-0.1, -0.05) is 63.4 Å². The van der Waals surface area contributed by atoms with E-state index in [-0.39, 0.29) is 29.0 Å². The van der Waals surface area contributed by atoms with Gasteiger partial charge in [-0.15, -0.1) is 0 Å². The second-order valence-corrected chi connectivity index (χ2v) is 14.8. The number of rotatable bonds is 15. The number of benzene rings is 3. The van der Waals surface area contributed by atoms with Crippen molar-refractivity contribution in [1.82, 2.24) is 10.0 Å². The van der Waals surface area contributed by atoms with Crippen LogP contribution in [0.15, 0.2) is 77.7 Å². The number of carbonyl (C=O) groups excluding carboxylic acids is 3. The zero-order chi connectivity index (χ0) is 34.7. The molecule has 1 unspecified atom stereocenters. The van der Waals surface area contributed by atoms with Crippen LogP contribution in [0.2, 0.25) is 0 Å². The molecule has 48 heavy (non-hydrogen) atoms. The van der Waals surface area contributed by atoms with Crippen LogP contribution in [0.5, 0.6) is 0 Å². The molecule has 0 saturated heterocycles. The number of sulfonamides is 1. The summed E-state index contributed by atoms with van der Waals surface area (Å²) in [7, 11) is -1.99. The first kappa shape index (κ1) is 36.5. The van der Waals surface area contributed by atoms with Gasteiger partial charge in [0.2, 0.25) is 11.8 Å². The van der Waals surface area contributed by atoms with E-state index in [1.165, 1.54) is 19.1 Å². The fourth-order valence-corrected chi connectivity index (χ4v) is 7.02. The van der Waals surface area contributed by atoms with Gasteiger partial charge in [-0.3, -0.25) is 14.4 Å². The second-order valence-electron chi connectivity index (χ2n) is 13.1. The Morgan fingerprint density at radius 3 is 2.25 bits per heavy atom. The van der Waals surface area contributed by atoms with E-state index in [4.69, 9.17) is 0 Å². The predicted octanol–water partition coefficient (Wildman–Crippen LogP) is 6.31. The van der Waals surface area contributed by atoms with Crippen LogP contribution in [0, 0.1) is 11.8 Å². The van der Waals surface area contributed by atoms with E-state index >= 15 is 0 Å². The molecule has 258 valence electrons. The largest absolute Gasteiger partial charge is 0.379 e. The van der Waals surface area contributed by atoms with Gasteiger partial charge in [0.25, 0.3) is 15.9 Å². The monoisotopic (exact) mass is 675 g/mol. The van der Waals surface area contributed by atoms with Crippen molar-refractivity contribution in [2.75, 3.05) is 29.1 Å². The van der Waals surface area contributed by atoms with Gasteiger partial charge < -0.3 is 20.9 Å². The first-order valence-electron chi connectivity index (χ1n) is 16.8. The molecule has 1 aliphatic rings. The molecule has 1 aliphatic carbocycles. The highest BCUT2D eigenvalue weighted by Crippen LogP contribution is 2.30. The lowest BCUT2D eigenvalue weighted by Gasteiger charge is -2.31. The fourth-order valence-electron chi connectivity index (χ4n) is 6.00. The van der Waals surface area contributed by atoms with Crippen LogP contribution in [0.3, 0.4) is 0 Å². The highest BCUT2D eigenvalue weighted by Gasteiger charge is 2.29. The Bertz CT molecular complexity index is 1640. The Labute approximate surface area is 285 Å². The van der Waals surface area contributed by atoms with Gasteiger partial charge >= 0.3 is 0 Å². The van der Waals surface area contributed by atoms with Gasteiger partial charge in [-0.25, -0.2) is 13.1 Å². The predicted molar refractivity (Wildman–Crippen MR) is 191 cm³/mol. The average Bonchev–Trinajstić information content (AvgIpc) is 3.06. The summed E-state index contributed by atoms with van der Waals surface area (Å²) in [4.78, 5) is 40.5. The standard InChI is InChI=1S/C37H49N5O5S/c1-26(2)21-22-42(4)35-20-17-30(23-34(35)38-25-28-15-18-31(19-16-28)39-27(3)43)37(45)40-33(29-11-7-5-8-12-29)24-36(44)41-48(46,47)32-13-9-6-10-14-32/h6,9-10,13-20,23,26,29,33,38H,5,7-8,11-12,21-22,24-25H2,1-4H3,(H,39,43)(H,40,45)(H,41,44). The summed E-state index contributed by atoms with van der Waals surface area (Å²) in [5.41, 5.74) is 3.91. The molecule has 3 aromatic carbocycles. The summed E-state index contributed by atoms with van der Waals surface area (Å²) in [6, 6.07) is 20.4. The number of carbonyl (C=O) groups is 3. The minimum atomic E-state index is -4.03. The summed E-state index contributed by atoms with van der Waals surface area (Å²) in [5, 5.41) is 9.38. The smallest absolute Gasteiger partial charge is 0.264 e. The molecule has 0 heterocycles. The molecule has 0 aliphatic heterocycles. The molecule has 0 bridgehead atoms. The topological polar surface area (TPSA) is 137 Å². The minimum absolute atomic E-state index is 0.0127. The minimum Gasteiger partial charge on any atom is -0.379 e. The van der Waals surface area contributed by atoms with Crippen molar-refractivity contribution < 1.29 is 22.8 Å². The van der Waals surface area contributed by atoms with Crippen molar-refractivity contribution in [3.05, 3.63) is 83.9 Å². The Kier molecular flexibility index (Phi) is 13.0. The van der Waals surface area contributed by atoms with Crippen molar-refractivity contribution in [3.8, 4) is 0 Å². The molecule has 1 saturated carbocycles. The maximum atomic E-state index is 13.8. The van der Waals surface area contributed by atoms with E-state index in [9.17, 15) is 22.8 Å². The van der Waals surface area contributed by atoms with Crippen LogP contribution in [0.1, 0.15) is 81.6 Å². The third-order valence-electron chi connectivity index (χ3n) is 8.71. The lowest BCUT2D eigenvalue weighted by atomic mass is 9.82. The van der Waals surface area contributed by atoms with Gasteiger partial charge in [-0.05, 0) is 79.1 Å². The molecule has 11 heteroatoms. The Balaban J connectivity index is 1.53. The summed E-state index contributed by atoms with van der Waals surface area (Å²) in [6.07, 6.45) is 5.68. The molecule has 3 amide bonds. The maximum Gasteiger partial charge on any atom is 0.264 e. The molecule has 0 radical (unpaired) electrons. The normalized spacial score (nSPS) is 14.2. The molecule has 3 aromatic rings. The van der Waals surface area contributed by atoms with E-state index in [2.05, 4.69) is 39.4 Å². The zero-order valence-electron chi connectivity index (χ0n) is 28.4. The van der Waals surface area contributed by atoms with E-state index in [1.54, 1.807) is 24.3 Å². The average molecular weight is 676 g/mol. The van der Waals surface area contributed by atoms with Gasteiger partial charge in [0, 0.05) is 50.8 Å². The van der Waals surface area contributed by atoms with Crippen LogP contribution in [-0.4, -0.2) is 45.8 Å². The quantitative estimate of drug-likeness (QED) is 0.148. The highest BCUT2D eigenvalue weighted by molar-refractivity contribution is 7.90. The Morgan fingerprint density at radius 2 is 1.60 bits per heavy atom. The van der Waals surface area contributed by atoms with E-state index in [1.807, 2.05) is 43.4 Å². The van der Waals surface area contributed by atoms with Crippen molar-refractivity contribution in [2.45, 2.75) is 83.2 Å². The lowest BCUT2D eigenvalue weighted by Crippen LogP contribution is -2.45. The molecular formula is C37H49N5O5S. The van der Waals surface area contributed by atoms with Crippen molar-refractivity contribution in [2.24, 2.45) is 11.8 Å². The number of hydrogen-bond acceptors (Lipinski definition) is 7. The third kappa shape index (κ3) is 10.8. The lowest BCUT2D eigenvalue weighted by molar-refractivity contribution is -0.120. The van der Waals surface area contributed by atoms with Crippen molar-refractivity contribution in [1.29, 1.82) is 0 Å². The third-order valence-corrected chi connectivity index (χ3v) is 10.1. The van der Waals surface area contributed by atoms with E-state index in [0.717, 1.165) is 67.7 Å². The van der Waals surface area contributed by atoms with Crippen LogP contribution in [-0.2, 0) is 26.2 Å². The Morgan fingerprint density at radius 1 is 0.917 bits per heavy atom. The molecule has 1 atom stereocenters. The molecule has 1 fully saturated rings. The van der Waals surface area contributed by atoms with E-state index in [0.29, 0.717) is 18.0 Å². The molecule has 10 nitrogen and oxygen atoms in total. The number of hydrogen-bond donors (Lipinski definition) is 4. The number of amides is 3. The molecular weight excluding hydrogens is 627 g/mol. The second kappa shape index (κ2) is 17.1. The van der Waals surface area contributed by atoms with Crippen molar-refractivity contribution >= 4 is 44.8 Å². The fraction of sp³-hybridized carbons (Fsp3) is 0.432. The molecule has 4 rings (SSSR count). The van der Waals surface area contributed by atoms with Crippen LogP contribution in [0.25, 0.3) is 0 Å². The molecule has 0 spiro atoms. The van der Waals surface area contributed by atoms with Crippen molar-refractivity contribution in [3.63, 3.8) is 0 Å². The van der Waals surface area contributed by atoms with Gasteiger partial charge in [0.05, 0.1) is 16.3 Å². The van der Waals surface area contributed by atoms with Crippen LogP contribution < -0.4 is 25.6 Å². The summed E-state index contributed by atoms with van der Waals surface area (Å²) in [6.45, 7) is 7.18.